The monoisotopic (exact) mass is 894 g/mol. The molecular formula is C57H36F6N2O2. The van der Waals surface area contributed by atoms with E-state index in [4.69, 9.17) is 0 Å². The maximum Gasteiger partial charge on any atom is 0.573 e. The summed E-state index contributed by atoms with van der Waals surface area (Å²) in [6, 6.07) is 70.2. The summed E-state index contributed by atoms with van der Waals surface area (Å²) in [6.07, 6.45) is -9.55. The Kier molecular flexibility index (Phi) is 9.92. The van der Waals surface area contributed by atoms with E-state index in [2.05, 4.69) is 104 Å². The van der Waals surface area contributed by atoms with Gasteiger partial charge in [0, 0.05) is 11.4 Å². The lowest BCUT2D eigenvalue weighted by molar-refractivity contribution is -0.275. The summed E-state index contributed by atoms with van der Waals surface area (Å²) < 4.78 is 85.6. The number of halogens is 6. The molecule has 10 heteroatoms. The van der Waals surface area contributed by atoms with Crippen molar-refractivity contribution in [1.82, 2.24) is 0 Å². The van der Waals surface area contributed by atoms with Crippen molar-refractivity contribution in [2.24, 2.45) is 0 Å². The van der Waals surface area contributed by atoms with Crippen LogP contribution in [0.1, 0.15) is 22.3 Å². The van der Waals surface area contributed by atoms with Crippen LogP contribution in [0.5, 0.6) is 11.5 Å². The average Bonchev–Trinajstić information content (AvgIpc) is 3.34. The van der Waals surface area contributed by atoms with Gasteiger partial charge >= 0.3 is 12.7 Å². The topological polar surface area (TPSA) is 24.9 Å². The van der Waals surface area contributed by atoms with E-state index in [1.165, 1.54) is 24.3 Å². The first-order valence-corrected chi connectivity index (χ1v) is 21.5. The van der Waals surface area contributed by atoms with E-state index < -0.39 is 18.1 Å². The molecule has 67 heavy (non-hydrogen) atoms. The molecule has 4 nitrogen and oxygen atoms in total. The van der Waals surface area contributed by atoms with Gasteiger partial charge in [-0.3, -0.25) is 0 Å². The molecule has 9 aromatic rings. The van der Waals surface area contributed by atoms with Gasteiger partial charge in [-0.05, 0) is 134 Å². The molecule has 9 aromatic carbocycles. The van der Waals surface area contributed by atoms with Gasteiger partial charge in [0.2, 0.25) is 0 Å². The van der Waals surface area contributed by atoms with Crippen molar-refractivity contribution in [2.45, 2.75) is 18.1 Å². The molecule has 11 rings (SSSR count). The number of anilines is 6. The SMILES string of the molecule is FC(F)(F)Oc1ccc(-c2ccc(N3c4ccccc4C4(c5ccccc53)c3ccccc3N(c3ccc(-c5ccc(OC(F)(F)F)cc5)cc3)c3ccc(-c5ccccc5)cc34)cc2)cc1. The maximum absolute atomic E-state index is 12.9. The fourth-order valence-electron chi connectivity index (χ4n) is 9.79. The highest BCUT2D eigenvalue weighted by Crippen LogP contribution is 2.64. The molecule has 2 aliphatic rings. The molecule has 0 amide bonds. The van der Waals surface area contributed by atoms with Gasteiger partial charge in [-0.2, -0.15) is 0 Å². The second-order valence-corrected chi connectivity index (χ2v) is 16.3. The van der Waals surface area contributed by atoms with Gasteiger partial charge in [0.05, 0.1) is 28.2 Å². The van der Waals surface area contributed by atoms with Gasteiger partial charge in [0.15, 0.2) is 0 Å². The predicted octanol–water partition coefficient (Wildman–Crippen LogP) is 16.4. The van der Waals surface area contributed by atoms with Crippen LogP contribution in [0.15, 0.2) is 218 Å². The number of alkyl halides is 6. The van der Waals surface area contributed by atoms with Gasteiger partial charge < -0.3 is 19.3 Å². The molecule has 0 bridgehead atoms. The minimum atomic E-state index is -4.78. The zero-order chi connectivity index (χ0) is 45.9. The maximum atomic E-state index is 12.9. The van der Waals surface area contributed by atoms with E-state index in [1.54, 1.807) is 24.3 Å². The molecular weight excluding hydrogens is 859 g/mol. The quantitative estimate of drug-likeness (QED) is 0.149. The molecule has 0 aliphatic carbocycles. The highest BCUT2D eigenvalue weighted by atomic mass is 19.4. The Morgan fingerprint density at radius 1 is 0.299 bits per heavy atom. The fourth-order valence-corrected chi connectivity index (χ4v) is 9.79. The summed E-state index contributed by atoms with van der Waals surface area (Å²) in [4.78, 5) is 4.56. The highest BCUT2D eigenvalue weighted by molar-refractivity contribution is 5.97. The highest BCUT2D eigenvalue weighted by Gasteiger charge is 2.52. The second kappa shape index (κ2) is 16.0. The Balaban J connectivity index is 1.06. The molecule has 0 saturated carbocycles. The molecule has 0 aromatic heterocycles. The number of hydrogen-bond acceptors (Lipinski definition) is 4. The van der Waals surface area contributed by atoms with Crippen molar-refractivity contribution in [1.29, 1.82) is 0 Å². The molecule has 328 valence electrons. The zero-order valence-electron chi connectivity index (χ0n) is 35.3. The van der Waals surface area contributed by atoms with E-state index in [9.17, 15) is 26.3 Å². The molecule has 0 atom stereocenters. The molecule has 0 radical (unpaired) electrons. The number of hydrogen-bond donors (Lipinski definition) is 0. The van der Waals surface area contributed by atoms with Crippen LogP contribution < -0.4 is 19.3 Å². The number of ether oxygens (including phenoxy) is 2. The smallest absolute Gasteiger partial charge is 0.406 e. The summed E-state index contributed by atoms with van der Waals surface area (Å²) in [7, 11) is 0. The second-order valence-electron chi connectivity index (χ2n) is 16.3. The van der Waals surface area contributed by atoms with Crippen LogP contribution in [0.3, 0.4) is 0 Å². The van der Waals surface area contributed by atoms with Gasteiger partial charge in [0.25, 0.3) is 0 Å². The molecule has 2 heterocycles. The largest absolute Gasteiger partial charge is 0.573 e. The first-order chi connectivity index (χ1) is 32.4. The first kappa shape index (κ1) is 41.5. The molecule has 1 spiro atoms. The predicted molar refractivity (Wildman–Crippen MR) is 251 cm³/mol. The number of rotatable bonds is 7. The minimum Gasteiger partial charge on any atom is -0.406 e. The minimum absolute atomic E-state index is 0.281. The Morgan fingerprint density at radius 3 is 1.00 bits per heavy atom. The van der Waals surface area contributed by atoms with Crippen LogP contribution in [0.2, 0.25) is 0 Å². The van der Waals surface area contributed by atoms with Crippen molar-refractivity contribution in [2.75, 3.05) is 9.80 Å². The fraction of sp³-hybridized carbons (Fsp3) is 0.0526. The normalized spacial score (nSPS) is 13.6. The average molecular weight is 895 g/mol. The van der Waals surface area contributed by atoms with Crippen molar-refractivity contribution in [3.63, 3.8) is 0 Å². The number of para-hydroxylation sites is 3. The molecule has 0 saturated heterocycles. The van der Waals surface area contributed by atoms with Crippen molar-refractivity contribution in [3.8, 4) is 44.9 Å². The lowest BCUT2D eigenvalue weighted by atomic mass is 9.60. The Labute approximate surface area is 382 Å². The summed E-state index contributed by atoms with van der Waals surface area (Å²) in [5, 5.41) is 0. The standard InChI is InChI=1S/C57H36F6N2O2/c58-56(59,60)66-45-31-22-40(23-32-45)38-18-27-43(28-19-38)64-51-15-7-4-12-47(51)55(48-13-5-8-16-52(48)64)49-14-6-9-17-53(49)65(54-35-26-42(36-50(54)55)37-10-2-1-3-11-37)44-29-20-39(21-30-44)41-24-33-46(34-25-41)67-57(61,62)63/h1-36H. The summed E-state index contributed by atoms with van der Waals surface area (Å²) in [5.41, 5.74) is 14.5. The van der Waals surface area contributed by atoms with Crippen LogP contribution >= 0.6 is 0 Å². The third-order valence-electron chi connectivity index (χ3n) is 12.5. The lowest BCUT2D eigenvalue weighted by Crippen LogP contribution is -2.42. The Morgan fingerprint density at radius 2 is 0.612 bits per heavy atom. The molecule has 0 fully saturated rings. The molecule has 0 unspecified atom stereocenters. The molecule has 0 N–H and O–H groups in total. The Bertz CT molecular complexity index is 3160. The van der Waals surface area contributed by atoms with Crippen LogP contribution in [0.4, 0.5) is 60.5 Å². The van der Waals surface area contributed by atoms with E-state index in [0.717, 1.165) is 89.8 Å². The first-order valence-electron chi connectivity index (χ1n) is 21.5. The van der Waals surface area contributed by atoms with E-state index in [0.29, 0.717) is 0 Å². The van der Waals surface area contributed by atoms with Crippen LogP contribution in [0.25, 0.3) is 33.4 Å². The number of nitrogens with zero attached hydrogens (tertiary/aromatic N) is 2. The Hall–Kier alpha value is -8.24. The van der Waals surface area contributed by atoms with Crippen LogP contribution in [-0.4, -0.2) is 12.7 Å². The van der Waals surface area contributed by atoms with Crippen LogP contribution in [0, 0.1) is 0 Å². The number of benzene rings is 9. The van der Waals surface area contributed by atoms with E-state index in [1.807, 2.05) is 84.9 Å². The van der Waals surface area contributed by atoms with E-state index >= 15 is 0 Å². The van der Waals surface area contributed by atoms with Crippen molar-refractivity contribution < 1.29 is 35.8 Å². The summed E-state index contributed by atoms with van der Waals surface area (Å²) >= 11 is 0. The van der Waals surface area contributed by atoms with Crippen LogP contribution in [-0.2, 0) is 5.41 Å². The molecule has 2 aliphatic heterocycles. The van der Waals surface area contributed by atoms with Crippen molar-refractivity contribution in [3.05, 3.63) is 241 Å². The van der Waals surface area contributed by atoms with Gasteiger partial charge in [-0.15, -0.1) is 26.3 Å². The van der Waals surface area contributed by atoms with Gasteiger partial charge in [-0.1, -0.05) is 140 Å². The third kappa shape index (κ3) is 7.40. The van der Waals surface area contributed by atoms with E-state index in [-0.39, 0.29) is 11.5 Å². The van der Waals surface area contributed by atoms with Crippen molar-refractivity contribution >= 4 is 34.1 Å². The van der Waals surface area contributed by atoms with Gasteiger partial charge in [0.1, 0.15) is 11.5 Å². The van der Waals surface area contributed by atoms with Gasteiger partial charge in [-0.25, -0.2) is 0 Å². The zero-order valence-corrected chi connectivity index (χ0v) is 35.3. The summed E-state index contributed by atoms with van der Waals surface area (Å²) in [5.74, 6) is -0.562. The third-order valence-corrected chi connectivity index (χ3v) is 12.5. The lowest BCUT2D eigenvalue weighted by Gasteiger charge is -2.51. The summed E-state index contributed by atoms with van der Waals surface area (Å²) in [6.45, 7) is 0. The number of fused-ring (bicyclic) bond motifs is 8.